The number of nitrogens with zero attached hydrogens (tertiary/aromatic N) is 1. The molecule has 0 fully saturated rings. The Kier molecular flexibility index (Phi) is 7.51. The highest BCUT2D eigenvalue weighted by atomic mass is 32.2. The molecule has 2 aromatic rings. The number of hydrogen-bond donors (Lipinski definition) is 1. The second-order valence-electron chi connectivity index (χ2n) is 6.19. The first-order valence-corrected chi connectivity index (χ1v) is 9.52. The van der Waals surface area contributed by atoms with Crippen LogP contribution in [0.4, 0.5) is 13.2 Å². The minimum atomic E-state index is -4.45. The van der Waals surface area contributed by atoms with E-state index in [0.29, 0.717) is 12.2 Å². The molecule has 0 atom stereocenters. The first kappa shape index (κ1) is 21.8. The molecule has 150 valence electrons. The molecular weight excluding hydrogens is 391 g/mol. The molecule has 28 heavy (non-hydrogen) atoms. The second-order valence-corrected chi connectivity index (χ2v) is 7.35. The van der Waals surface area contributed by atoms with Crippen molar-refractivity contribution >= 4 is 23.6 Å². The summed E-state index contributed by atoms with van der Waals surface area (Å²) in [6, 6.07) is 11.7. The number of aromatic carboxylic acids is 1. The predicted molar refractivity (Wildman–Crippen MR) is 101 cm³/mol. The van der Waals surface area contributed by atoms with Crippen molar-refractivity contribution in [1.29, 1.82) is 0 Å². The van der Waals surface area contributed by atoms with Gasteiger partial charge in [0.25, 0.3) is 0 Å². The topological polar surface area (TPSA) is 57.6 Å². The third-order valence-electron chi connectivity index (χ3n) is 4.06. The lowest BCUT2D eigenvalue weighted by atomic mass is 10.1. The van der Waals surface area contributed by atoms with Crippen LogP contribution >= 0.6 is 11.8 Å². The third kappa shape index (κ3) is 6.30. The zero-order valence-electron chi connectivity index (χ0n) is 15.2. The van der Waals surface area contributed by atoms with E-state index in [4.69, 9.17) is 5.11 Å². The summed E-state index contributed by atoms with van der Waals surface area (Å²) in [4.78, 5) is 25.2. The summed E-state index contributed by atoms with van der Waals surface area (Å²) >= 11 is 1.49. The molecular formula is C20H20F3NO3S. The van der Waals surface area contributed by atoms with Crippen LogP contribution in [0.15, 0.2) is 53.4 Å². The molecule has 4 nitrogen and oxygen atoms in total. The summed E-state index contributed by atoms with van der Waals surface area (Å²) in [5, 5.41) is 8.86. The summed E-state index contributed by atoms with van der Waals surface area (Å²) < 4.78 is 39.1. The molecule has 2 aromatic carbocycles. The van der Waals surface area contributed by atoms with Gasteiger partial charge in [-0.1, -0.05) is 18.2 Å². The van der Waals surface area contributed by atoms with E-state index < -0.39 is 17.7 Å². The van der Waals surface area contributed by atoms with Gasteiger partial charge in [-0.3, -0.25) is 4.79 Å². The van der Waals surface area contributed by atoms with Crippen LogP contribution in [0, 0.1) is 0 Å². The molecule has 0 radical (unpaired) electrons. The van der Waals surface area contributed by atoms with E-state index in [1.807, 2.05) is 0 Å². The van der Waals surface area contributed by atoms with Gasteiger partial charge in [-0.2, -0.15) is 13.2 Å². The molecule has 0 aliphatic rings. The third-order valence-corrected chi connectivity index (χ3v) is 5.16. The number of rotatable bonds is 8. The molecule has 2 rings (SSSR count). The van der Waals surface area contributed by atoms with Crippen molar-refractivity contribution in [2.24, 2.45) is 0 Å². The van der Waals surface area contributed by atoms with Gasteiger partial charge >= 0.3 is 12.1 Å². The van der Waals surface area contributed by atoms with Gasteiger partial charge in [0.05, 0.1) is 11.1 Å². The van der Waals surface area contributed by atoms with Crippen molar-refractivity contribution in [3.63, 3.8) is 0 Å². The molecule has 1 amide bonds. The largest absolute Gasteiger partial charge is 0.478 e. The van der Waals surface area contributed by atoms with Gasteiger partial charge in [-0.15, -0.1) is 11.8 Å². The molecule has 8 heteroatoms. The Morgan fingerprint density at radius 3 is 2.32 bits per heavy atom. The van der Waals surface area contributed by atoms with E-state index in [0.717, 1.165) is 11.0 Å². The van der Waals surface area contributed by atoms with Crippen molar-refractivity contribution < 1.29 is 27.9 Å². The minimum absolute atomic E-state index is 0.0683. The zero-order valence-corrected chi connectivity index (χ0v) is 16.0. The number of halogens is 3. The number of carboxylic acid groups (broad SMARTS) is 1. The van der Waals surface area contributed by atoms with Crippen LogP contribution in [0.25, 0.3) is 0 Å². The monoisotopic (exact) mass is 411 g/mol. The Morgan fingerprint density at radius 2 is 1.71 bits per heavy atom. The molecule has 0 heterocycles. The highest BCUT2D eigenvalue weighted by Crippen LogP contribution is 2.32. The van der Waals surface area contributed by atoms with E-state index in [1.165, 1.54) is 54.0 Å². The van der Waals surface area contributed by atoms with Crippen LogP contribution in [-0.4, -0.2) is 34.7 Å². The lowest BCUT2D eigenvalue weighted by Gasteiger charge is -2.20. The standard InChI is InChI=1S/C20H20F3NO3S/c1-24(13-15-5-2-3-6-17(15)20(21,22)23)18(25)7-4-12-28-16-10-8-14(9-11-16)19(26)27/h2-3,5-6,8-11H,4,7,12-13H2,1H3,(H,26,27). The normalized spacial score (nSPS) is 11.3. The quantitative estimate of drug-likeness (QED) is 0.494. The van der Waals surface area contributed by atoms with Gasteiger partial charge in [-0.05, 0) is 48.1 Å². The Hall–Kier alpha value is -2.48. The lowest BCUT2D eigenvalue weighted by Crippen LogP contribution is -2.27. The summed E-state index contributed by atoms with van der Waals surface area (Å²) in [7, 11) is 1.49. The van der Waals surface area contributed by atoms with E-state index in [9.17, 15) is 22.8 Å². The summed E-state index contributed by atoms with van der Waals surface area (Å²) in [6.07, 6.45) is -3.66. The van der Waals surface area contributed by atoms with E-state index in [-0.39, 0.29) is 30.0 Å². The summed E-state index contributed by atoms with van der Waals surface area (Å²) in [5.41, 5.74) is -0.450. The molecule has 0 aliphatic heterocycles. The fraction of sp³-hybridized carbons (Fsp3) is 0.300. The Bertz CT molecular complexity index is 822. The number of carboxylic acids is 1. The molecule has 0 aromatic heterocycles. The van der Waals surface area contributed by atoms with Gasteiger partial charge in [-0.25, -0.2) is 4.79 Å². The lowest BCUT2D eigenvalue weighted by molar-refractivity contribution is -0.139. The second kappa shape index (κ2) is 9.64. The molecule has 0 aliphatic carbocycles. The number of alkyl halides is 3. The predicted octanol–water partition coefficient (Wildman–Crippen LogP) is 4.93. The maximum Gasteiger partial charge on any atom is 0.416 e. The molecule has 0 saturated heterocycles. The fourth-order valence-electron chi connectivity index (χ4n) is 2.58. The van der Waals surface area contributed by atoms with Crippen LogP contribution in [0.5, 0.6) is 0 Å². The Labute approximate surface area is 165 Å². The van der Waals surface area contributed by atoms with Gasteiger partial charge < -0.3 is 10.0 Å². The SMILES string of the molecule is CN(Cc1ccccc1C(F)(F)F)C(=O)CCCSc1ccc(C(=O)O)cc1. The van der Waals surface area contributed by atoms with E-state index >= 15 is 0 Å². The molecule has 0 bridgehead atoms. The van der Waals surface area contributed by atoms with Crippen molar-refractivity contribution in [3.05, 3.63) is 65.2 Å². The molecule has 0 saturated carbocycles. The summed E-state index contributed by atoms with van der Waals surface area (Å²) in [5.74, 6) is -0.568. The minimum Gasteiger partial charge on any atom is -0.478 e. The first-order valence-electron chi connectivity index (χ1n) is 8.53. The highest BCUT2D eigenvalue weighted by molar-refractivity contribution is 7.99. The van der Waals surface area contributed by atoms with Crippen LogP contribution < -0.4 is 0 Å². The first-order chi connectivity index (χ1) is 13.2. The number of thioether (sulfide) groups is 1. The van der Waals surface area contributed by atoms with E-state index in [2.05, 4.69) is 0 Å². The van der Waals surface area contributed by atoms with Crippen molar-refractivity contribution in [3.8, 4) is 0 Å². The van der Waals surface area contributed by atoms with Gasteiger partial charge in [0.2, 0.25) is 5.91 Å². The fourth-order valence-corrected chi connectivity index (χ4v) is 3.43. The maximum atomic E-state index is 13.0. The highest BCUT2D eigenvalue weighted by Gasteiger charge is 2.33. The number of benzene rings is 2. The number of hydrogen-bond acceptors (Lipinski definition) is 3. The average Bonchev–Trinajstić information content (AvgIpc) is 2.65. The Morgan fingerprint density at radius 1 is 1.07 bits per heavy atom. The van der Waals surface area contributed by atoms with Crippen LogP contribution in [0.1, 0.15) is 34.3 Å². The average molecular weight is 411 g/mol. The summed E-state index contributed by atoms with van der Waals surface area (Å²) in [6.45, 7) is -0.0989. The van der Waals surface area contributed by atoms with Crippen LogP contribution in [-0.2, 0) is 17.5 Å². The van der Waals surface area contributed by atoms with Gasteiger partial charge in [0.1, 0.15) is 0 Å². The van der Waals surface area contributed by atoms with Crippen LogP contribution in [0.2, 0.25) is 0 Å². The Balaban J connectivity index is 1.81. The number of amides is 1. The molecule has 0 spiro atoms. The van der Waals surface area contributed by atoms with Crippen molar-refractivity contribution in [2.75, 3.05) is 12.8 Å². The molecule has 1 N–H and O–H groups in total. The van der Waals surface area contributed by atoms with E-state index in [1.54, 1.807) is 12.1 Å². The van der Waals surface area contributed by atoms with Crippen LogP contribution in [0.3, 0.4) is 0 Å². The van der Waals surface area contributed by atoms with Crippen molar-refractivity contribution in [1.82, 2.24) is 4.90 Å². The smallest absolute Gasteiger partial charge is 0.416 e. The van der Waals surface area contributed by atoms with Gasteiger partial charge in [0.15, 0.2) is 0 Å². The van der Waals surface area contributed by atoms with Gasteiger partial charge in [0, 0.05) is 24.9 Å². The number of carbonyl (C=O) groups excluding carboxylic acids is 1. The maximum absolute atomic E-state index is 13.0. The van der Waals surface area contributed by atoms with Crippen molar-refractivity contribution in [2.45, 2.75) is 30.5 Å². The zero-order chi connectivity index (χ0) is 20.7. The number of carbonyl (C=O) groups is 2. The molecule has 0 unspecified atom stereocenters.